The molecule has 41 heavy (non-hydrogen) atoms. The van der Waals surface area contributed by atoms with Crippen molar-refractivity contribution in [3.63, 3.8) is 0 Å². The third-order valence-corrected chi connectivity index (χ3v) is 5.51. The SMILES string of the molecule is Cn1ccnc1-c1[c-]c(Oc2[c-]c(Oc3cccc(Oc4[c-]c(Oc5ccccn5)ccc4)n3)ccc2)ccc1.[Ir+3]. The molecule has 0 bridgehead atoms. The first-order chi connectivity index (χ1) is 19.7. The fourth-order valence-corrected chi connectivity index (χ4v) is 3.73. The van der Waals surface area contributed by atoms with Crippen molar-refractivity contribution in [1.82, 2.24) is 19.5 Å². The minimum atomic E-state index is 0. The van der Waals surface area contributed by atoms with Gasteiger partial charge in [0.05, 0.1) is 5.82 Å². The number of rotatable bonds is 9. The summed E-state index contributed by atoms with van der Waals surface area (Å²) in [5.74, 6) is 4.26. The van der Waals surface area contributed by atoms with E-state index in [2.05, 4.69) is 33.2 Å². The summed E-state index contributed by atoms with van der Waals surface area (Å²) < 4.78 is 25.5. The molecule has 6 aromatic rings. The average Bonchev–Trinajstić information content (AvgIpc) is 3.40. The Morgan fingerprint density at radius 1 is 0.537 bits per heavy atom. The monoisotopic (exact) mass is 718 g/mol. The van der Waals surface area contributed by atoms with Crippen molar-refractivity contribution in [3.05, 3.63) is 128 Å². The van der Waals surface area contributed by atoms with Crippen LogP contribution in [0.4, 0.5) is 0 Å². The van der Waals surface area contributed by atoms with Crippen molar-refractivity contribution in [3.8, 4) is 57.8 Å². The number of hydrogen-bond donors (Lipinski definition) is 0. The fraction of sp³-hybridized carbons (Fsp3) is 0.0312. The van der Waals surface area contributed by atoms with Crippen LogP contribution >= 0.6 is 0 Å². The number of nitrogens with zero attached hydrogens (tertiary/aromatic N) is 4. The standard InChI is InChI=1S/C32H21N4O4.Ir/c1-36-19-18-34-32(36)23-8-4-9-24(20-23)37-25-10-5-12-27(21-25)39-30-15-7-16-31(35-30)40-28-13-6-11-26(22-28)38-29-14-2-3-17-33-29;/h2-19H,1H3;/q-3;+3. The normalized spacial score (nSPS) is 10.4. The minimum absolute atomic E-state index is 0. The van der Waals surface area contributed by atoms with Gasteiger partial charge in [-0.05, 0) is 6.07 Å². The largest absolute Gasteiger partial charge is 3.00 e. The molecule has 3 heterocycles. The van der Waals surface area contributed by atoms with Gasteiger partial charge in [0, 0.05) is 72.6 Å². The van der Waals surface area contributed by atoms with Gasteiger partial charge in [-0.15, -0.1) is 48.0 Å². The zero-order chi connectivity index (χ0) is 27.1. The van der Waals surface area contributed by atoms with Gasteiger partial charge in [-0.2, -0.15) is 17.1 Å². The molecule has 0 saturated carbocycles. The third kappa shape index (κ3) is 7.16. The molecule has 0 fully saturated rings. The first-order valence-corrected chi connectivity index (χ1v) is 12.3. The zero-order valence-corrected chi connectivity index (χ0v) is 24.0. The summed E-state index contributed by atoms with van der Waals surface area (Å²) in [6.07, 6.45) is 5.28. The maximum atomic E-state index is 6.00. The van der Waals surface area contributed by atoms with Crippen LogP contribution in [0.5, 0.6) is 46.4 Å². The van der Waals surface area contributed by atoms with Gasteiger partial charge in [0.2, 0.25) is 17.6 Å². The summed E-state index contributed by atoms with van der Waals surface area (Å²) in [4.78, 5) is 13.0. The van der Waals surface area contributed by atoms with Crippen LogP contribution in [0.1, 0.15) is 0 Å². The van der Waals surface area contributed by atoms with Gasteiger partial charge < -0.3 is 23.5 Å². The van der Waals surface area contributed by atoms with Gasteiger partial charge >= 0.3 is 20.1 Å². The van der Waals surface area contributed by atoms with Crippen LogP contribution in [0.15, 0.2) is 110 Å². The van der Waals surface area contributed by atoms with Crippen LogP contribution in [-0.2, 0) is 27.2 Å². The number of aryl methyl sites for hydroxylation is 1. The van der Waals surface area contributed by atoms with Gasteiger partial charge in [-0.3, -0.25) is 4.98 Å². The second-order valence-corrected chi connectivity index (χ2v) is 8.44. The Morgan fingerprint density at radius 3 is 1.66 bits per heavy atom. The van der Waals surface area contributed by atoms with Gasteiger partial charge in [0.25, 0.3) is 0 Å². The van der Waals surface area contributed by atoms with E-state index in [-0.39, 0.29) is 20.1 Å². The van der Waals surface area contributed by atoms with E-state index in [0.29, 0.717) is 46.4 Å². The molecule has 6 rings (SSSR count). The van der Waals surface area contributed by atoms with Crippen molar-refractivity contribution < 1.29 is 39.1 Å². The zero-order valence-electron chi connectivity index (χ0n) is 21.6. The minimum Gasteiger partial charge on any atom is -0.503 e. The molecule has 0 spiro atoms. The Balaban J connectivity index is 0.00000337. The van der Waals surface area contributed by atoms with Crippen molar-refractivity contribution in [2.45, 2.75) is 0 Å². The first kappa shape index (κ1) is 27.6. The van der Waals surface area contributed by atoms with Gasteiger partial charge in [0.1, 0.15) is 0 Å². The van der Waals surface area contributed by atoms with E-state index in [0.717, 1.165) is 11.4 Å². The van der Waals surface area contributed by atoms with Crippen molar-refractivity contribution in [2.24, 2.45) is 7.05 Å². The summed E-state index contributed by atoms with van der Waals surface area (Å²) in [5, 5.41) is 0. The van der Waals surface area contributed by atoms with Crippen molar-refractivity contribution >= 4 is 0 Å². The van der Waals surface area contributed by atoms with Crippen LogP contribution < -0.4 is 18.9 Å². The molecule has 0 saturated heterocycles. The number of imidazole rings is 1. The summed E-state index contributed by atoms with van der Waals surface area (Å²) in [6, 6.07) is 36.4. The molecule has 0 unspecified atom stereocenters. The number of hydrogen-bond acceptors (Lipinski definition) is 7. The van der Waals surface area contributed by atoms with Gasteiger partial charge in [-0.1, -0.05) is 30.3 Å². The van der Waals surface area contributed by atoms with Crippen LogP contribution in [0.2, 0.25) is 0 Å². The van der Waals surface area contributed by atoms with E-state index >= 15 is 0 Å². The summed E-state index contributed by atoms with van der Waals surface area (Å²) >= 11 is 0. The Hall–Kier alpha value is -4.98. The van der Waals surface area contributed by atoms with E-state index < -0.39 is 0 Å². The van der Waals surface area contributed by atoms with E-state index in [9.17, 15) is 0 Å². The third-order valence-electron chi connectivity index (χ3n) is 5.51. The van der Waals surface area contributed by atoms with Gasteiger partial charge in [0.15, 0.2) is 0 Å². The molecule has 0 aliphatic heterocycles. The molecule has 0 aliphatic carbocycles. The molecule has 0 amide bonds. The Bertz CT molecular complexity index is 1740. The van der Waals surface area contributed by atoms with E-state index in [1.165, 1.54) is 0 Å². The number of benzene rings is 3. The van der Waals surface area contributed by atoms with Crippen LogP contribution in [0.25, 0.3) is 11.4 Å². The molecule has 3 aromatic heterocycles. The molecule has 202 valence electrons. The molecule has 0 atom stereocenters. The molecule has 0 radical (unpaired) electrons. The summed E-state index contributed by atoms with van der Waals surface area (Å²) in [5.41, 5.74) is 0.824. The van der Waals surface area contributed by atoms with Crippen molar-refractivity contribution in [1.29, 1.82) is 0 Å². The van der Waals surface area contributed by atoms with Crippen molar-refractivity contribution in [2.75, 3.05) is 0 Å². The second kappa shape index (κ2) is 12.9. The second-order valence-electron chi connectivity index (χ2n) is 8.44. The number of pyridine rings is 2. The van der Waals surface area contributed by atoms with E-state index in [4.69, 9.17) is 18.9 Å². The van der Waals surface area contributed by atoms with Gasteiger partial charge in [-0.25, -0.2) is 4.98 Å². The molecule has 0 N–H and O–H groups in total. The number of aromatic nitrogens is 4. The fourth-order valence-electron chi connectivity index (χ4n) is 3.73. The molecule has 3 aromatic carbocycles. The first-order valence-electron chi connectivity index (χ1n) is 12.3. The molecule has 8 nitrogen and oxygen atoms in total. The summed E-state index contributed by atoms with van der Waals surface area (Å²) in [6.45, 7) is 0. The average molecular weight is 718 g/mol. The predicted molar refractivity (Wildman–Crippen MR) is 147 cm³/mol. The molecule has 0 aliphatic rings. The molecule has 9 heteroatoms. The van der Waals surface area contributed by atoms with Crippen LogP contribution in [0.3, 0.4) is 0 Å². The summed E-state index contributed by atoms with van der Waals surface area (Å²) in [7, 11) is 1.93. The maximum absolute atomic E-state index is 6.00. The topological polar surface area (TPSA) is 80.5 Å². The smallest absolute Gasteiger partial charge is 0.503 e. The Labute approximate surface area is 250 Å². The Morgan fingerprint density at radius 2 is 1.07 bits per heavy atom. The van der Waals surface area contributed by atoms with E-state index in [1.807, 2.05) is 54.2 Å². The molecular weight excluding hydrogens is 697 g/mol. The number of ether oxygens (including phenoxy) is 4. The van der Waals surface area contributed by atoms with E-state index in [1.54, 1.807) is 67.0 Å². The maximum Gasteiger partial charge on any atom is 3.00 e. The quantitative estimate of drug-likeness (QED) is 0.144. The molecular formula is C32H21IrN4O4. The Kier molecular flexibility index (Phi) is 8.69. The van der Waals surface area contributed by atoms with Crippen LogP contribution in [-0.4, -0.2) is 19.5 Å². The predicted octanol–water partition coefficient (Wildman–Crippen LogP) is 7.44. The van der Waals surface area contributed by atoms with Crippen LogP contribution in [0, 0.1) is 18.2 Å².